The van der Waals surface area contributed by atoms with E-state index in [0.29, 0.717) is 0 Å². The van der Waals surface area contributed by atoms with Crippen molar-refractivity contribution in [2.75, 3.05) is 18.5 Å². The van der Waals surface area contributed by atoms with Crippen LogP contribution in [-0.4, -0.2) is 18.5 Å². The van der Waals surface area contributed by atoms with Crippen molar-refractivity contribution in [3.8, 4) is 0 Å². The minimum atomic E-state index is -5.39. The Hall–Kier alpha value is -5.62. The van der Waals surface area contributed by atoms with E-state index in [1.807, 2.05) is 0 Å². The molecule has 0 spiro atoms. The second-order valence-electron chi connectivity index (χ2n) is 15.8. The Kier molecular flexibility index (Phi) is 19.5. The molecule has 9 rings (SSSR count). The monoisotopic (exact) mass is 968 g/mol. The second-order valence-corrected chi connectivity index (χ2v) is 28.1. The molecule has 0 amide bonds. The van der Waals surface area contributed by atoms with Gasteiger partial charge >= 0.3 is 0 Å². The van der Waals surface area contributed by atoms with Crippen molar-refractivity contribution in [2.24, 2.45) is 0 Å². The van der Waals surface area contributed by atoms with Gasteiger partial charge in [0, 0.05) is 0 Å². The first-order valence-corrected chi connectivity index (χ1v) is 30.4. The first kappa shape index (κ1) is 51.8. The summed E-state index contributed by atoms with van der Waals surface area (Å²) in [5.41, 5.74) is 0. The lowest BCUT2D eigenvalue weighted by Gasteiger charge is -2.36. The Morgan fingerprint density at radius 1 is 0.250 bits per heavy atom. The highest BCUT2D eigenvalue weighted by Gasteiger charge is 2.45. The number of benzene rings is 9. The first-order valence-electron chi connectivity index (χ1n) is 23.0. The fourth-order valence-corrected chi connectivity index (χ4v) is 21.2. The molecule has 0 saturated heterocycles. The van der Waals surface area contributed by atoms with Gasteiger partial charge in [-0.15, -0.1) is 0 Å². The molecule has 0 aliphatic heterocycles. The average Bonchev–Trinajstić information content (AvgIpc) is 3.40. The maximum Gasteiger partial charge on any atom is 0.111 e. The van der Waals surface area contributed by atoms with Crippen LogP contribution in [0.4, 0.5) is 0 Å². The Labute approximate surface area is 406 Å². The van der Waals surface area contributed by atoms with Crippen LogP contribution >= 0.6 is 29.6 Å². The van der Waals surface area contributed by atoms with Crippen LogP contribution in [0.1, 0.15) is 20.8 Å². The maximum absolute atomic E-state index is 8.55. The van der Waals surface area contributed by atoms with Crippen LogP contribution in [-0.2, 0) is 4.57 Å². The molecule has 9 aromatic rings. The highest BCUT2D eigenvalue weighted by molar-refractivity contribution is 7.96. The van der Waals surface area contributed by atoms with Gasteiger partial charge in [0.05, 0.1) is 18.5 Å². The lowest BCUT2D eigenvalue weighted by molar-refractivity contribution is -0.432. The van der Waals surface area contributed by atoms with Crippen LogP contribution in [0.25, 0.3) is 0 Å². The normalized spacial score (nSPS) is 11.3. The van der Waals surface area contributed by atoms with Crippen LogP contribution in [0.3, 0.4) is 0 Å². The Morgan fingerprint density at radius 3 is 0.412 bits per heavy atom. The van der Waals surface area contributed by atoms with Crippen molar-refractivity contribution in [1.29, 1.82) is 0 Å². The van der Waals surface area contributed by atoms with Gasteiger partial charge in [0.15, 0.2) is 0 Å². The van der Waals surface area contributed by atoms with Crippen molar-refractivity contribution in [1.82, 2.24) is 0 Å². The summed E-state index contributed by atoms with van der Waals surface area (Å²) in [4.78, 5) is 25.6. The molecule has 9 aromatic carbocycles. The molecule has 0 bridgehead atoms. The van der Waals surface area contributed by atoms with E-state index in [-0.39, 0.29) is 0 Å². The fraction of sp³-hybridized carbons (Fsp3) is 0.100. The lowest BCUT2D eigenvalue weighted by Crippen LogP contribution is -2.32. The number of phosphoric acid groups is 1. The molecule has 4 nitrogen and oxygen atoms in total. The van der Waals surface area contributed by atoms with E-state index in [1.54, 1.807) is 0 Å². The topological polar surface area (TPSA) is 86.2 Å². The molecule has 0 atom stereocenters. The smallest absolute Gasteiger partial charge is 0.111 e. The summed E-state index contributed by atoms with van der Waals surface area (Å²) in [6.07, 6.45) is 3.43. The van der Waals surface area contributed by atoms with Crippen LogP contribution in [0, 0.1) is 0 Å². The minimum absolute atomic E-state index is 1.14. The molecule has 0 aromatic heterocycles. The summed E-state index contributed by atoms with van der Waals surface area (Å²) in [6, 6.07) is 99.0. The third-order valence-electron chi connectivity index (χ3n) is 12.2. The highest BCUT2D eigenvalue weighted by Crippen LogP contribution is 2.56. The molecule has 0 radical (unpaired) electrons. The molecule has 0 saturated carbocycles. The van der Waals surface area contributed by atoms with E-state index < -0.39 is 29.6 Å². The van der Waals surface area contributed by atoms with Gasteiger partial charge in [-0.25, -0.2) is 0 Å². The summed E-state index contributed by atoms with van der Waals surface area (Å²) < 4.78 is 8.55. The van der Waals surface area contributed by atoms with E-state index in [0.717, 1.165) is 18.5 Å². The Morgan fingerprint density at radius 2 is 0.338 bits per heavy atom. The Bertz CT molecular complexity index is 2220. The van der Waals surface area contributed by atoms with Gasteiger partial charge in [0.2, 0.25) is 0 Å². The zero-order valence-corrected chi connectivity index (χ0v) is 42.6. The van der Waals surface area contributed by atoms with Crippen LogP contribution < -0.4 is 62.4 Å². The van der Waals surface area contributed by atoms with Gasteiger partial charge in [-0.2, -0.15) is 7.82 Å². The van der Waals surface area contributed by atoms with Gasteiger partial charge in [0.1, 0.15) is 69.5 Å². The zero-order valence-electron chi connectivity index (χ0n) is 39.0. The predicted octanol–water partition coefficient (Wildman–Crippen LogP) is 9.18. The van der Waals surface area contributed by atoms with Gasteiger partial charge in [-0.05, 0) is 130 Å². The first-order chi connectivity index (χ1) is 33.1. The second kappa shape index (κ2) is 25.7. The van der Waals surface area contributed by atoms with Gasteiger partial charge in [-0.3, -0.25) is 0 Å². The number of rotatable bonds is 12. The van der Waals surface area contributed by atoms with E-state index in [1.165, 1.54) is 47.7 Å². The summed E-state index contributed by atoms with van der Waals surface area (Å²) >= 11 is 0. The lowest BCUT2D eigenvalue weighted by atomic mass is 10.4. The standard InChI is InChI=1S/3C20H20P.H3O4P/c3*1-2-21(18-12-6-3-7-13-18,19-14-8-4-9-15-19)20-16-10-5-11-17-20;1-5(2,3)4/h3*3-17H,2H2,1H3;(H3,1,2,3,4)/q3*+1;/p-3. The van der Waals surface area contributed by atoms with Crippen LogP contribution in [0.2, 0.25) is 0 Å². The van der Waals surface area contributed by atoms with E-state index >= 15 is 0 Å². The largest absolute Gasteiger partial charge is 0.822 e. The van der Waals surface area contributed by atoms with E-state index in [2.05, 4.69) is 294 Å². The number of hydrogen-bond donors (Lipinski definition) is 0. The third kappa shape index (κ3) is 12.7. The molecule has 0 fully saturated rings. The summed E-state index contributed by atoms with van der Waals surface area (Å²) in [5, 5.41) is 13.2. The molecule has 0 N–H and O–H groups in total. The summed E-state index contributed by atoms with van der Waals surface area (Å²) in [5.74, 6) is 0. The molecule has 344 valence electrons. The molecule has 0 unspecified atom stereocenters. The molecule has 0 heterocycles. The van der Waals surface area contributed by atoms with Crippen molar-refractivity contribution in [2.45, 2.75) is 20.8 Å². The average molecular weight is 969 g/mol. The molecule has 8 heteroatoms. The zero-order chi connectivity index (χ0) is 48.1. The quantitative estimate of drug-likeness (QED) is 0.114. The van der Waals surface area contributed by atoms with Crippen molar-refractivity contribution in [3.05, 3.63) is 273 Å². The molecular weight excluding hydrogens is 909 g/mol. The van der Waals surface area contributed by atoms with Crippen molar-refractivity contribution in [3.63, 3.8) is 0 Å². The van der Waals surface area contributed by atoms with Crippen molar-refractivity contribution < 1.29 is 19.2 Å². The van der Waals surface area contributed by atoms with Crippen LogP contribution in [0.15, 0.2) is 273 Å². The fourth-order valence-electron chi connectivity index (χ4n) is 9.13. The highest BCUT2D eigenvalue weighted by atomic mass is 31.2. The van der Waals surface area contributed by atoms with Gasteiger partial charge in [0.25, 0.3) is 0 Å². The molecule has 0 aliphatic carbocycles. The SMILES string of the molecule is CC[P+](c1ccccc1)(c1ccccc1)c1ccccc1.CC[P+](c1ccccc1)(c1ccccc1)c1ccccc1.CC[P+](c1ccccc1)(c1ccccc1)c1ccccc1.O=P([O-])([O-])[O-]. The minimum Gasteiger partial charge on any atom is -0.822 e. The predicted molar refractivity (Wildman–Crippen MR) is 295 cm³/mol. The van der Waals surface area contributed by atoms with Crippen molar-refractivity contribution >= 4 is 77.4 Å². The number of hydrogen-bond acceptors (Lipinski definition) is 4. The molecule has 68 heavy (non-hydrogen) atoms. The van der Waals surface area contributed by atoms with Crippen LogP contribution in [0.5, 0.6) is 0 Å². The van der Waals surface area contributed by atoms with Gasteiger partial charge in [-0.1, -0.05) is 164 Å². The molecular formula is C60H60O4P4. The summed E-state index contributed by atoms with van der Waals surface area (Å²) in [7, 11) is -9.99. The van der Waals surface area contributed by atoms with E-state index in [4.69, 9.17) is 19.2 Å². The summed E-state index contributed by atoms with van der Waals surface area (Å²) in [6.45, 7) is 6.96. The van der Waals surface area contributed by atoms with E-state index in [9.17, 15) is 0 Å². The molecule has 0 aliphatic rings. The maximum atomic E-state index is 8.55. The third-order valence-corrected chi connectivity index (χ3v) is 25.7. The van der Waals surface area contributed by atoms with Gasteiger partial charge < -0.3 is 19.2 Å². The Balaban J connectivity index is 0.000000160.